The number of esters is 2. The van der Waals surface area contributed by atoms with Crippen molar-refractivity contribution in [3.05, 3.63) is 0 Å². The molecular weight excluding hydrogens is 677 g/mol. The van der Waals surface area contributed by atoms with E-state index in [4.69, 9.17) is 24.3 Å². The number of unbranched alkanes of at least 4 members (excludes halogenated alkanes) is 29. The third-order valence-electron chi connectivity index (χ3n) is 9.74. The number of ether oxygens (including phenoxy) is 2. The fourth-order valence-corrected chi connectivity index (χ4v) is 7.23. The second kappa shape index (κ2) is 39.7. The molecule has 3 N–H and O–H groups in total. The van der Waals surface area contributed by atoms with Crippen molar-refractivity contribution in [1.82, 2.24) is 0 Å². The zero-order valence-corrected chi connectivity index (χ0v) is 35.0. The van der Waals surface area contributed by atoms with Crippen LogP contribution in [0.5, 0.6) is 0 Å². The summed E-state index contributed by atoms with van der Waals surface area (Å²) in [5.74, 6) is -0.812. The summed E-state index contributed by atoms with van der Waals surface area (Å²) in [5.41, 5.74) is 5.35. The Morgan fingerprint density at radius 1 is 0.500 bits per heavy atom. The van der Waals surface area contributed by atoms with Gasteiger partial charge in [0.2, 0.25) is 0 Å². The van der Waals surface area contributed by atoms with Gasteiger partial charge in [0.25, 0.3) is 0 Å². The van der Waals surface area contributed by atoms with Crippen molar-refractivity contribution in [3.63, 3.8) is 0 Å². The van der Waals surface area contributed by atoms with Gasteiger partial charge in [-0.3, -0.25) is 18.6 Å². The highest BCUT2D eigenvalue weighted by Crippen LogP contribution is 2.43. The van der Waals surface area contributed by atoms with E-state index in [0.717, 1.165) is 32.1 Å². The molecule has 310 valence electrons. The molecule has 0 aromatic heterocycles. The Bertz CT molecular complexity index is 830. The van der Waals surface area contributed by atoms with E-state index in [9.17, 15) is 19.0 Å². The molecule has 0 saturated heterocycles. The second-order valence-electron chi connectivity index (χ2n) is 14.9. The SMILES string of the molecule is CCCCCCCCCCCCCCCCCCC(=O)OC[C@H](COP(=O)(O)OCCN)OC(=O)CCCCCCCCCCCCCCCCC. The fourth-order valence-electron chi connectivity index (χ4n) is 6.46. The highest BCUT2D eigenvalue weighted by atomic mass is 31.2. The van der Waals surface area contributed by atoms with Crippen LogP contribution in [-0.2, 0) is 32.7 Å². The number of phosphoric acid groups is 1. The monoisotopic (exact) mass is 762 g/mol. The van der Waals surface area contributed by atoms with Crippen LogP contribution >= 0.6 is 7.82 Å². The van der Waals surface area contributed by atoms with E-state index in [2.05, 4.69) is 13.8 Å². The van der Waals surface area contributed by atoms with Gasteiger partial charge in [0.15, 0.2) is 6.10 Å². The van der Waals surface area contributed by atoms with E-state index in [-0.39, 0.29) is 38.6 Å². The molecule has 0 aliphatic rings. The molecule has 0 fully saturated rings. The Hall–Kier alpha value is -0.990. The molecule has 0 aromatic rings. The van der Waals surface area contributed by atoms with Crippen molar-refractivity contribution in [2.24, 2.45) is 5.73 Å². The molecule has 0 radical (unpaired) electrons. The van der Waals surface area contributed by atoms with E-state index >= 15 is 0 Å². The molecule has 0 aliphatic heterocycles. The molecule has 0 spiro atoms. The minimum absolute atomic E-state index is 0.0581. The maximum Gasteiger partial charge on any atom is 0.472 e. The number of phosphoric ester groups is 1. The molecule has 52 heavy (non-hydrogen) atoms. The topological polar surface area (TPSA) is 134 Å². The van der Waals surface area contributed by atoms with Gasteiger partial charge in [-0.1, -0.05) is 200 Å². The van der Waals surface area contributed by atoms with Gasteiger partial charge in [0, 0.05) is 19.4 Å². The third kappa shape index (κ3) is 38.7. The lowest BCUT2D eigenvalue weighted by Gasteiger charge is -2.19. The van der Waals surface area contributed by atoms with Crippen LogP contribution < -0.4 is 5.73 Å². The van der Waals surface area contributed by atoms with Crippen molar-refractivity contribution < 1.29 is 37.6 Å². The van der Waals surface area contributed by atoms with Crippen molar-refractivity contribution in [2.75, 3.05) is 26.4 Å². The Morgan fingerprint density at radius 2 is 0.827 bits per heavy atom. The molecule has 0 heterocycles. The van der Waals surface area contributed by atoms with Crippen molar-refractivity contribution >= 4 is 19.8 Å². The number of rotatable bonds is 42. The Balaban J connectivity index is 4.09. The molecule has 1 unspecified atom stereocenters. The van der Waals surface area contributed by atoms with Crippen LogP contribution in [0.4, 0.5) is 0 Å². The van der Waals surface area contributed by atoms with Crippen LogP contribution in [0.1, 0.15) is 226 Å². The normalized spacial score (nSPS) is 13.2. The number of carbonyl (C=O) groups is 2. The fraction of sp³-hybridized carbons (Fsp3) is 0.952. The highest BCUT2D eigenvalue weighted by molar-refractivity contribution is 7.47. The first-order valence-corrected chi connectivity index (χ1v) is 23.5. The van der Waals surface area contributed by atoms with Gasteiger partial charge in [-0.05, 0) is 12.8 Å². The van der Waals surface area contributed by atoms with Gasteiger partial charge in [-0.15, -0.1) is 0 Å². The lowest BCUT2D eigenvalue weighted by Crippen LogP contribution is -2.29. The zero-order valence-electron chi connectivity index (χ0n) is 34.1. The van der Waals surface area contributed by atoms with Crippen LogP contribution in [0.3, 0.4) is 0 Å². The molecular formula is C42H84NO8P. The number of carbonyl (C=O) groups excluding carboxylic acids is 2. The Labute approximate surface area is 320 Å². The van der Waals surface area contributed by atoms with Gasteiger partial charge in [0.1, 0.15) is 6.61 Å². The number of hydrogen-bond acceptors (Lipinski definition) is 8. The molecule has 10 heteroatoms. The minimum atomic E-state index is -4.37. The van der Waals surface area contributed by atoms with Crippen molar-refractivity contribution in [2.45, 2.75) is 232 Å². The first-order chi connectivity index (χ1) is 25.3. The summed E-state index contributed by atoms with van der Waals surface area (Å²) in [4.78, 5) is 34.8. The summed E-state index contributed by atoms with van der Waals surface area (Å²) in [7, 11) is -4.37. The predicted octanol–water partition coefficient (Wildman–Crippen LogP) is 12.4. The quantitative estimate of drug-likeness (QED) is 0.0354. The van der Waals surface area contributed by atoms with Crippen molar-refractivity contribution in [1.29, 1.82) is 0 Å². The molecule has 0 aliphatic carbocycles. The van der Waals surface area contributed by atoms with E-state index < -0.39 is 26.5 Å². The van der Waals surface area contributed by atoms with Gasteiger partial charge in [-0.2, -0.15) is 0 Å². The van der Waals surface area contributed by atoms with Crippen LogP contribution in [-0.4, -0.2) is 49.3 Å². The summed E-state index contributed by atoms with van der Waals surface area (Å²) in [6, 6.07) is 0. The second-order valence-corrected chi connectivity index (χ2v) is 16.4. The Kier molecular flexibility index (Phi) is 38.9. The van der Waals surface area contributed by atoms with E-state index in [1.165, 1.54) is 161 Å². The smallest absolute Gasteiger partial charge is 0.462 e. The average Bonchev–Trinajstić information content (AvgIpc) is 3.13. The largest absolute Gasteiger partial charge is 0.472 e. The number of nitrogens with two attached hydrogens (primary N) is 1. The maximum atomic E-state index is 12.6. The Morgan fingerprint density at radius 3 is 1.17 bits per heavy atom. The summed E-state index contributed by atoms with van der Waals surface area (Å²) < 4.78 is 32.8. The first kappa shape index (κ1) is 51.0. The molecule has 0 amide bonds. The standard InChI is InChI=1S/C42H84NO8P/c1-3-5-7-9-11-13-15-17-19-21-22-24-26-28-30-32-34-41(44)48-38-40(39-50-52(46,47)49-37-36-43)51-42(45)35-33-31-29-27-25-23-20-18-16-14-12-10-8-6-4-2/h40H,3-39,43H2,1-2H3,(H,46,47)/t40-/m1/s1. The van der Waals surface area contributed by atoms with Crippen molar-refractivity contribution in [3.8, 4) is 0 Å². The number of hydrogen-bond donors (Lipinski definition) is 2. The van der Waals surface area contributed by atoms with Gasteiger partial charge >= 0.3 is 19.8 Å². The predicted molar refractivity (Wildman–Crippen MR) is 215 cm³/mol. The molecule has 0 aromatic carbocycles. The maximum absolute atomic E-state index is 12.6. The summed E-state index contributed by atoms with van der Waals surface area (Å²) in [6.07, 6.45) is 38.4. The minimum Gasteiger partial charge on any atom is -0.462 e. The molecule has 2 atom stereocenters. The lowest BCUT2D eigenvalue weighted by atomic mass is 10.0. The zero-order chi connectivity index (χ0) is 38.2. The first-order valence-electron chi connectivity index (χ1n) is 22.0. The van der Waals surface area contributed by atoms with E-state index in [1.807, 2.05) is 0 Å². The summed E-state index contributed by atoms with van der Waals surface area (Å²) >= 11 is 0. The summed E-state index contributed by atoms with van der Waals surface area (Å²) in [5, 5.41) is 0. The van der Waals surface area contributed by atoms with Gasteiger partial charge < -0.3 is 20.1 Å². The molecule has 0 bridgehead atoms. The molecule has 9 nitrogen and oxygen atoms in total. The van der Waals surface area contributed by atoms with Crippen LogP contribution in [0, 0.1) is 0 Å². The molecule has 0 saturated carbocycles. The highest BCUT2D eigenvalue weighted by Gasteiger charge is 2.26. The van der Waals surface area contributed by atoms with Crippen LogP contribution in [0.15, 0.2) is 0 Å². The van der Waals surface area contributed by atoms with Crippen LogP contribution in [0.2, 0.25) is 0 Å². The van der Waals surface area contributed by atoms with Gasteiger partial charge in [-0.25, -0.2) is 4.57 Å². The van der Waals surface area contributed by atoms with E-state index in [1.54, 1.807) is 0 Å². The average molecular weight is 762 g/mol. The summed E-state index contributed by atoms with van der Waals surface area (Å²) in [6.45, 7) is 3.78. The third-order valence-corrected chi connectivity index (χ3v) is 10.7. The molecule has 0 rings (SSSR count). The lowest BCUT2D eigenvalue weighted by molar-refractivity contribution is -0.161. The van der Waals surface area contributed by atoms with Crippen LogP contribution in [0.25, 0.3) is 0 Å². The van der Waals surface area contributed by atoms with E-state index in [0.29, 0.717) is 6.42 Å². The van der Waals surface area contributed by atoms with Gasteiger partial charge in [0.05, 0.1) is 13.2 Å².